The van der Waals surface area contributed by atoms with E-state index in [2.05, 4.69) is 20.9 Å². The largest absolute Gasteiger partial charge is 1.00 e. The van der Waals surface area contributed by atoms with Crippen LogP contribution < -0.4 is 51.1 Å². The number of hydrogen-bond acceptors (Lipinski definition) is 5. The molecule has 1 amide bonds. The van der Waals surface area contributed by atoms with Crippen LogP contribution in [0.3, 0.4) is 0 Å². The van der Waals surface area contributed by atoms with Gasteiger partial charge in [-0.05, 0) is 72.8 Å². The molecule has 2 aromatic heterocycles. The van der Waals surface area contributed by atoms with Gasteiger partial charge in [0.25, 0.3) is 5.91 Å². The molecule has 0 saturated heterocycles. The van der Waals surface area contributed by atoms with Crippen LogP contribution in [0.2, 0.25) is 0 Å². The molecule has 0 radical (unpaired) electrons. The smallest absolute Gasteiger partial charge is 0.255 e. The standard InChI is InChI=1S/C28H24N6O.2ClH/c1-34-16-13-24(14-17-34)31-21-7-9-23(10-8-21)33-28(35)19-2-5-22(6-3-19)32-26-12-15-30-27-18-20(29)4-11-25(26)27;;/h2-18H,1H3,(H4,29,30,32,33,35);2*1H/p-1. The lowest BCUT2D eigenvalue weighted by molar-refractivity contribution is -0.671. The number of amides is 1. The average Bonchev–Trinajstić information content (AvgIpc) is 2.87. The van der Waals surface area contributed by atoms with Gasteiger partial charge in [-0.3, -0.25) is 9.78 Å². The van der Waals surface area contributed by atoms with E-state index in [0.29, 0.717) is 11.3 Å². The van der Waals surface area contributed by atoms with E-state index in [0.717, 1.165) is 39.3 Å². The molecule has 2 heterocycles. The zero-order valence-corrected chi connectivity index (χ0v) is 21.5. The van der Waals surface area contributed by atoms with Crippen LogP contribution in [-0.2, 0) is 7.05 Å². The molecule has 5 aromatic rings. The van der Waals surface area contributed by atoms with Crippen molar-refractivity contribution in [3.8, 4) is 0 Å². The van der Waals surface area contributed by atoms with Gasteiger partial charge in [0.1, 0.15) is 7.05 Å². The predicted octanol–water partition coefficient (Wildman–Crippen LogP) is -0.611. The Labute approximate surface area is 227 Å². The van der Waals surface area contributed by atoms with E-state index in [1.807, 2.05) is 96.8 Å². The Morgan fingerprint density at radius 1 is 0.757 bits per heavy atom. The first-order chi connectivity index (χ1) is 17.0. The second-order valence-electron chi connectivity index (χ2n) is 8.25. The minimum absolute atomic E-state index is 0. The summed E-state index contributed by atoms with van der Waals surface area (Å²) in [6.07, 6.45) is 5.70. The van der Waals surface area contributed by atoms with Crippen molar-refractivity contribution >= 4 is 50.9 Å². The van der Waals surface area contributed by atoms with Gasteiger partial charge in [0.15, 0.2) is 12.4 Å². The van der Waals surface area contributed by atoms with E-state index in [1.165, 1.54) is 0 Å². The van der Waals surface area contributed by atoms with Gasteiger partial charge in [-0.1, -0.05) is 0 Å². The summed E-state index contributed by atoms with van der Waals surface area (Å²) in [4.78, 5) is 17.1. The van der Waals surface area contributed by atoms with Gasteiger partial charge in [-0.25, -0.2) is 4.57 Å². The van der Waals surface area contributed by atoms with Crippen LogP contribution in [0.5, 0.6) is 0 Å². The number of aryl methyl sites for hydroxylation is 1. The van der Waals surface area contributed by atoms with Crippen LogP contribution in [0.4, 0.5) is 34.1 Å². The van der Waals surface area contributed by atoms with Crippen molar-refractivity contribution in [2.45, 2.75) is 0 Å². The maximum Gasteiger partial charge on any atom is 0.255 e. The zero-order chi connectivity index (χ0) is 24.2. The van der Waals surface area contributed by atoms with Gasteiger partial charge >= 0.3 is 0 Å². The molecule has 0 saturated carbocycles. The molecule has 3 aromatic carbocycles. The maximum absolute atomic E-state index is 12.7. The number of nitrogens with two attached hydrogens (primary N) is 1. The van der Waals surface area contributed by atoms with Crippen molar-refractivity contribution in [2.75, 3.05) is 21.7 Å². The molecule has 0 aliphatic carbocycles. The van der Waals surface area contributed by atoms with E-state index < -0.39 is 0 Å². The number of halogens is 2. The number of pyridine rings is 2. The summed E-state index contributed by atoms with van der Waals surface area (Å²) in [5.41, 5.74) is 12.4. The number of nitrogens with zero attached hydrogens (tertiary/aromatic N) is 2. The van der Waals surface area contributed by atoms with Crippen LogP contribution in [0.1, 0.15) is 10.4 Å². The van der Waals surface area contributed by atoms with Crippen molar-refractivity contribution in [3.05, 3.63) is 109 Å². The lowest BCUT2D eigenvalue weighted by Gasteiger charge is -2.11. The molecular formula is C28H25Cl2N6O-. The van der Waals surface area contributed by atoms with Crippen molar-refractivity contribution in [1.29, 1.82) is 0 Å². The Kier molecular flexibility index (Phi) is 8.90. The first kappa shape index (κ1) is 27.3. The highest BCUT2D eigenvalue weighted by Crippen LogP contribution is 2.27. The Morgan fingerprint density at radius 3 is 2.05 bits per heavy atom. The molecule has 37 heavy (non-hydrogen) atoms. The average molecular weight is 532 g/mol. The number of benzene rings is 3. The number of anilines is 6. The number of fused-ring (bicyclic) bond motifs is 1. The number of carbonyl (C=O) groups is 1. The third-order valence-corrected chi connectivity index (χ3v) is 5.60. The molecule has 0 aliphatic rings. The van der Waals surface area contributed by atoms with Gasteiger partial charge in [-0.2, -0.15) is 0 Å². The van der Waals surface area contributed by atoms with E-state index in [4.69, 9.17) is 5.73 Å². The summed E-state index contributed by atoms with van der Waals surface area (Å²) in [5.74, 6) is -0.169. The first-order valence-electron chi connectivity index (χ1n) is 11.2. The molecule has 188 valence electrons. The third-order valence-electron chi connectivity index (χ3n) is 5.60. The number of carbonyl (C=O) groups excluding carboxylic acids is 1. The van der Waals surface area contributed by atoms with E-state index in [9.17, 15) is 4.79 Å². The highest BCUT2D eigenvalue weighted by atomic mass is 35.5. The van der Waals surface area contributed by atoms with Gasteiger partial charge in [0.05, 0.1) is 11.2 Å². The van der Waals surface area contributed by atoms with Crippen molar-refractivity contribution in [2.24, 2.45) is 7.05 Å². The van der Waals surface area contributed by atoms with Crippen molar-refractivity contribution < 1.29 is 34.2 Å². The lowest BCUT2D eigenvalue weighted by atomic mass is 10.1. The summed E-state index contributed by atoms with van der Waals surface area (Å²) in [6, 6.07) is 26.5. The van der Waals surface area contributed by atoms with E-state index in [1.54, 1.807) is 18.3 Å². The molecule has 5 rings (SSSR count). The quantitative estimate of drug-likeness (QED) is 0.173. The maximum atomic E-state index is 12.7. The number of hydrogen-bond donors (Lipinski definition) is 4. The highest BCUT2D eigenvalue weighted by Gasteiger charge is 2.08. The van der Waals surface area contributed by atoms with Crippen LogP contribution >= 0.6 is 0 Å². The minimum atomic E-state index is -0.169. The molecule has 0 bridgehead atoms. The normalized spacial score (nSPS) is 10.1. The molecule has 7 nitrogen and oxygen atoms in total. The first-order valence-corrected chi connectivity index (χ1v) is 11.2. The molecule has 5 N–H and O–H groups in total. The second-order valence-corrected chi connectivity index (χ2v) is 8.25. The fourth-order valence-electron chi connectivity index (χ4n) is 3.73. The summed E-state index contributed by atoms with van der Waals surface area (Å²) < 4.78 is 1.98. The monoisotopic (exact) mass is 531 g/mol. The Hall–Kier alpha value is -4.33. The molecule has 0 atom stereocenters. The number of nitrogen functional groups attached to an aromatic ring is 1. The summed E-state index contributed by atoms with van der Waals surface area (Å²) in [5, 5.41) is 10.7. The summed E-state index contributed by atoms with van der Waals surface area (Å²) >= 11 is 0. The Balaban J connectivity index is 0.00000190. The molecule has 0 spiro atoms. The van der Waals surface area contributed by atoms with Gasteiger partial charge in [0.2, 0.25) is 0 Å². The van der Waals surface area contributed by atoms with Crippen LogP contribution in [0.15, 0.2) is 104 Å². The summed E-state index contributed by atoms with van der Waals surface area (Å²) in [6.45, 7) is 0. The van der Waals surface area contributed by atoms with Gasteiger partial charge < -0.3 is 46.5 Å². The SMILES string of the molecule is C[n+]1ccc(Nc2ccc(NC(=O)c3ccc(Nc4ccnc5cc(N)ccc45)cc3)cc2)cc1.[Cl-].[Cl-]. The second kappa shape index (κ2) is 12.1. The van der Waals surface area contributed by atoms with Crippen molar-refractivity contribution in [3.63, 3.8) is 0 Å². The number of rotatable bonds is 6. The minimum Gasteiger partial charge on any atom is -1.00 e. The van der Waals surface area contributed by atoms with Crippen LogP contribution in [-0.4, -0.2) is 10.9 Å². The molecule has 0 aliphatic heterocycles. The lowest BCUT2D eigenvalue weighted by Crippen LogP contribution is -3.00. The Bertz CT molecular complexity index is 1490. The van der Waals surface area contributed by atoms with Crippen LogP contribution in [0.25, 0.3) is 10.9 Å². The number of nitrogens with one attached hydrogen (secondary N) is 3. The van der Waals surface area contributed by atoms with Gasteiger partial charge in [0, 0.05) is 57.7 Å². The molecule has 9 heteroatoms. The molecular weight excluding hydrogens is 507 g/mol. The van der Waals surface area contributed by atoms with Gasteiger partial charge in [-0.15, -0.1) is 0 Å². The summed E-state index contributed by atoms with van der Waals surface area (Å²) in [7, 11) is 1.98. The topological polar surface area (TPSA) is 96.0 Å². The van der Waals surface area contributed by atoms with E-state index >= 15 is 0 Å². The highest BCUT2D eigenvalue weighted by molar-refractivity contribution is 6.04. The fourth-order valence-corrected chi connectivity index (χ4v) is 3.73. The fraction of sp³-hybridized carbons (Fsp3) is 0.0357. The van der Waals surface area contributed by atoms with E-state index in [-0.39, 0.29) is 30.7 Å². The van der Waals surface area contributed by atoms with Crippen molar-refractivity contribution in [1.82, 2.24) is 4.98 Å². The number of aromatic nitrogens is 2. The molecule has 0 fully saturated rings. The zero-order valence-electron chi connectivity index (χ0n) is 20.0. The Morgan fingerprint density at radius 2 is 1.35 bits per heavy atom. The third kappa shape index (κ3) is 6.67. The molecule has 0 unspecified atom stereocenters. The predicted molar refractivity (Wildman–Crippen MR) is 141 cm³/mol. The van der Waals surface area contributed by atoms with Crippen LogP contribution in [0, 0.1) is 0 Å².